The number of carbonyl (C=O) groups excluding carboxylic acids is 2. The highest BCUT2D eigenvalue weighted by Gasteiger charge is 2.26. The predicted molar refractivity (Wildman–Crippen MR) is 145 cm³/mol. The quantitative estimate of drug-likeness (QED) is 0.398. The van der Waals surface area contributed by atoms with Gasteiger partial charge in [-0.15, -0.1) is 5.06 Å². The molecule has 3 amide bonds. The first kappa shape index (κ1) is 27.3. The number of primary amides is 2. The number of nitrogens with two attached hydrogens (primary N) is 2. The van der Waals surface area contributed by atoms with Crippen LogP contribution in [0.1, 0.15) is 22.7 Å². The van der Waals surface area contributed by atoms with E-state index in [0.717, 1.165) is 37.7 Å². The molecule has 4 rings (SSSR count). The molecule has 1 aliphatic rings. The number of amides is 3. The topological polar surface area (TPSA) is 114 Å². The van der Waals surface area contributed by atoms with Gasteiger partial charge >= 0.3 is 12.1 Å². The zero-order valence-electron chi connectivity index (χ0n) is 21.0. The Bertz CT molecular complexity index is 1200. The minimum atomic E-state index is -1.11. The zero-order valence-corrected chi connectivity index (χ0v) is 21.8. The van der Waals surface area contributed by atoms with Crippen molar-refractivity contribution in [2.75, 3.05) is 39.3 Å². The number of hydroxylamine groups is 2. The Hall–Kier alpha value is -3.79. The fourth-order valence-electron chi connectivity index (χ4n) is 4.60. The summed E-state index contributed by atoms with van der Waals surface area (Å²) in [5.74, 6) is 0.650. The van der Waals surface area contributed by atoms with E-state index < -0.39 is 12.1 Å². The predicted octanol–water partition coefficient (Wildman–Crippen LogP) is 4.02. The van der Waals surface area contributed by atoms with Crippen LogP contribution in [0.25, 0.3) is 0 Å². The molecule has 1 heterocycles. The minimum absolute atomic E-state index is 0.0341. The summed E-state index contributed by atoms with van der Waals surface area (Å²) in [5.41, 5.74) is 13.4. The maximum absolute atomic E-state index is 11.5. The largest absolute Gasteiger partial charge is 0.492 e. The molecule has 4 N–H and O–H groups in total. The summed E-state index contributed by atoms with van der Waals surface area (Å²) >= 11 is 6.15. The first-order valence-electron chi connectivity index (χ1n) is 12.4. The Balaban J connectivity index is 1.29. The van der Waals surface area contributed by atoms with E-state index in [0.29, 0.717) is 23.0 Å². The lowest BCUT2D eigenvalue weighted by Gasteiger charge is -2.39. The van der Waals surface area contributed by atoms with Gasteiger partial charge in [0.15, 0.2) is 0 Å². The van der Waals surface area contributed by atoms with Crippen LogP contribution in [-0.4, -0.2) is 66.3 Å². The van der Waals surface area contributed by atoms with E-state index in [1.165, 1.54) is 11.1 Å². The van der Waals surface area contributed by atoms with Crippen molar-refractivity contribution >= 4 is 23.7 Å². The molecule has 38 heavy (non-hydrogen) atoms. The average Bonchev–Trinajstić information content (AvgIpc) is 2.91. The van der Waals surface area contributed by atoms with Gasteiger partial charge in [-0.3, -0.25) is 9.80 Å². The molecule has 0 spiro atoms. The second kappa shape index (κ2) is 13.1. The summed E-state index contributed by atoms with van der Waals surface area (Å²) in [7, 11) is 0. The van der Waals surface area contributed by atoms with E-state index in [-0.39, 0.29) is 12.6 Å². The SMILES string of the molecule is NC(=O)ON(Cc1cccc(OCCN2CCN(C(c3ccccc3)c3ccc(Cl)cc3)CC2)c1)C(N)=O. The highest BCUT2D eigenvalue weighted by atomic mass is 35.5. The van der Waals surface area contributed by atoms with Crippen LogP contribution in [0.3, 0.4) is 0 Å². The average molecular weight is 538 g/mol. The summed E-state index contributed by atoms with van der Waals surface area (Å²) in [4.78, 5) is 32.0. The van der Waals surface area contributed by atoms with Gasteiger partial charge < -0.3 is 21.0 Å². The van der Waals surface area contributed by atoms with Gasteiger partial charge in [-0.25, -0.2) is 9.59 Å². The van der Waals surface area contributed by atoms with Crippen LogP contribution >= 0.6 is 11.6 Å². The number of nitrogens with zero attached hydrogens (tertiary/aromatic N) is 3. The Kier molecular flexibility index (Phi) is 9.42. The van der Waals surface area contributed by atoms with Gasteiger partial charge in [-0.1, -0.05) is 66.2 Å². The summed E-state index contributed by atoms with van der Waals surface area (Å²) < 4.78 is 5.96. The van der Waals surface area contributed by atoms with E-state index in [1.807, 2.05) is 24.3 Å². The molecule has 200 valence electrons. The lowest BCUT2D eigenvalue weighted by Crippen LogP contribution is -2.48. The molecule has 3 aromatic rings. The highest BCUT2D eigenvalue weighted by molar-refractivity contribution is 6.30. The van der Waals surface area contributed by atoms with E-state index in [4.69, 9.17) is 27.8 Å². The first-order chi connectivity index (χ1) is 18.4. The Morgan fingerprint density at radius 3 is 2.24 bits per heavy atom. The maximum atomic E-state index is 11.5. The number of rotatable bonds is 9. The molecule has 0 radical (unpaired) electrons. The number of urea groups is 1. The molecule has 1 atom stereocenters. The van der Waals surface area contributed by atoms with Crippen molar-refractivity contribution in [1.29, 1.82) is 0 Å². The Labute approximate surface area is 227 Å². The van der Waals surface area contributed by atoms with Crippen molar-refractivity contribution in [3.8, 4) is 5.75 Å². The summed E-state index contributed by atoms with van der Waals surface area (Å²) in [5, 5.41) is 1.44. The monoisotopic (exact) mass is 537 g/mol. The maximum Gasteiger partial charge on any atom is 0.429 e. The third-order valence-corrected chi connectivity index (χ3v) is 6.67. The van der Waals surface area contributed by atoms with Crippen LogP contribution in [0, 0.1) is 0 Å². The molecule has 9 nitrogen and oxygen atoms in total. The van der Waals surface area contributed by atoms with Crippen LogP contribution < -0.4 is 16.2 Å². The van der Waals surface area contributed by atoms with Crippen LogP contribution in [0.15, 0.2) is 78.9 Å². The number of carbonyl (C=O) groups is 2. The molecule has 0 aliphatic carbocycles. The minimum Gasteiger partial charge on any atom is -0.492 e. The van der Waals surface area contributed by atoms with Gasteiger partial charge in [-0.05, 0) is 41.0 Å². The van der Waals surface area contributed by atoms with Crippen LogP contribution in [-0.2, 0) is 11.4 Å². The lowest BCUT2D eigenvalue weighted by molar-refractivity contribution is -0.0576. The molecule has 1 unspecified atom stereocenters. The number of hydrogen-bond acceptors (Lipinski definition) is 6. The number of hydrogen-bond donors (Lipinski definition) is 2. The van der Waals surface area contributed by atoms with Crippen molar-refractivity contribution in [3.05, 3.63) is 101 Å². The normalized spacial score (nSPS) is 15.0. The number of ether oxygens (including phenoxy) is 1. The second-order valence-corrected chi connectivity index (χ2v) is 9.46. The van der Waals surface area contributed by atoms with Crippen molar-refractivity contribution in [3.63, 3.8) is 0 Å². The van der Waals surface area contributed by atoms with Crippen LogP contribution in [0.2, 0.25) is 5.02 Å². The van der Waals surface area contributed by atoms with E-state index >= 15 is 0 Å². The smallest absolute Gasteiger partial charge is 0.429 e. The van der Waals surface area contributed by atoms with Gasteiger partial charge in [-0.2, -0.15) is 0 Å². The fraction of sp³-hybridized carbons (Fsp3) is 0.286. The van der Waals surface area contributed by atoms with Crippen molar-refractivity contribution in [2.24, 2.45) is 11.5 Å². The fourth-order valence-corrected chi connectivity index (χ4v) is 4.72. The van der Waals surface area contributed by atoms with E-state index in [2.05, 4.69) is 51.0 Å². The first-order valence-corrected chi connectivity index (χ1v) is 12.8. The molecule has 0 aromatic heterocycles. The molecule has 1 fully saturated rings. The van der Waals surface area contributed by atoms with Crippen LogP contribution in [0.4, 0.5) is 9.59 Å². The third kappa shape index (κ3) is 7.61. The standard InChI is InChI=1S/C28H32ClN5O4/c29-24-11-9-23(10-12-24)26(22-6-2-1-3-7-22)33-15-13-32(14-16-33)17-18-37-25-8-4-5-21(19-25)20-34(27(30)35)38-28(31)36/h1-12,19,26H,13-18,20H2,(H2,30,35)(H2,31,36). The molecule has 3 aromatic carbocycles. The summed E-state index contributed by atoms with van der Waals surface area (Å²) in [6, 6.07) is 25.1. The summed E-state index contributed by atoms with van der Waals surface area (Å²) in [6.45, 7) is 4.98. The van der Waals surface area contributed by atoms with Gasteiger partial charge in [0, 0.05) is 37.7 Å². The molecular weight excluding hydrogens is 506 g/mol. The molecule has 0 bridgehead atoms. The second-order valence-electron chi connectivity index (χ2n) is 9.02. The molecular formula is C28H32ClN5O4. The zero-order chi connectivity index (χ0) is 26.9. The van der Waals surface area contributed by atoms with Crippen LogP contribution in [0.5, 0.6) is 5.75 Å². The summed E-state index contributed by atoms with van der Waals surface area (Å²) in [6.07, 6.45) is -1.11. The van der Waals surface area contributed by atoms with Gasteiger partial charge in [0.2, 0.25) is 0 Å². The van der Waals surface area contributed by atoms with Gasteiger partial charge in [0.25, 0.3) is 0 Å². The van der Waals surface area contributed by atoms with Gasteiger partial charge in [0.05, 0.1) is 12.6 Å². The van der Waals surface area contributed by atoms with Gasteiger partial charge in [0.1, 0.15) is 12.4 Å². The van der Waals surface area contributed by atoms with E-state index in [1.54, 1.807) is 18.2 Å². The Morgan fingerprint density at radius 2 is 1.58 bits per heavy atom. The number of benzene rings is 3. The molecule has 0 saturated carbocycles. The third-order valence-electron chi connectivity index (χ3n) is 6.42. The molecule has 10 heteroatoms. The lowest BCUT2D eigenvalue weighted by atomic mass is 9.96. The number of halogens is 1. The van der Waals surface area contributed by atoms with Crippen molar-refractivity contribution in [1.82, 2.24) is 14.9 Å². The number of piperazine rings is 1. The Morgan fingerprint density at radius 1 is 0.895 bits per heavy atom. The van der Waals surface area contributed by atoms with E-state index in [9.17, 15) is 9.59 Å². The molecule has 1 saturated heterocycles. The highest BCUT2D eigenvalue weighted by Crippen LogP contribution is 2.30. The van der Waals surface area contributed by atoms with Crippen molar-refractivity contribution < 1.29 is 19.2 Å². The molecule has 1 aliphatic heterocycles. The van der Waals surface area contributed by atoms with Crippen molar-refractivity contribution in [2.45, 2.75) is 12.6 Å².